The number of aliphatic carboxylic acids is 1. The van der Waals surface area contributed by atoms with E-state index >= 15 is 0 Å². The van der Waals surface area contributed by atoms with Crippen LogP contribution < -0.4 is 5.32 Å². The van der Waals surface area contributed by atoms with E-state index < -0.39 is 5.97 Å². The van der Waals surface area contributed by atoms with Crippen LogP contribution in [0.2, 0.25) is 0 Å². The highest BCUT2D eigenvalue weighted by Gasteiger charge is 2.08. The van der Waals surface area contributed by atoms with Crippen LogP contribution in [0.3, 0.4) is 0 Å². The lowest BCUT2D eigenvalue weighted by molar-refractivity contribution is -0.137. The smallest absolute Gasteiger partial charge is 0.303 e. The highest BCUT2D eigenvalue weighted by molar-refractivity contribution is 5.66. The molecule has 2 aromatic rings. The zero-order valence-electron chi connectivity index (χ0n) is 10.9. The van der Waals surface area contributed by atoms with Crippen molar-refractivity contribution in [1.82, 2.24) is 5.32 Å². The van der Waals surface area contributed by atoms with Gasteiger partial charge in [0.1, 0.15) is 17.3 Å². The van der Waals surface area contributed by atoms with E-state index in [0.717, 1.165) is 0 Å². The number of nitrogens with one attached hydrogen (secondary N) is 1. The van der Waals surface area contributed by atoms with Crippen LogP contribution >= 0.6 is 0 Å². The summed E-state index contributed by atoms with van der Waals surface area (Å²) in [7, 11) is 0. The first kappa shape index (κ1) is 14.3. The summed E-state index contributed by atoms with van der Waals surface area (Å²) >= 11 is 0. The molecular formula is C15H16FNO3. The molecule has 106 valence electrons. The number of rotatable bonds is 7. The van der Waals surface area contributed by atoms with Crippen LogP contribution in [0.15, 0.2) is 40.8 Å². The molecule has 4 nitrogen and oxygen atoms in total. The molecule has 0 bridgehead atoms. The number of carboxylic acid groups (broad SMARTS) is 1. The van der Waals surface area contributed by atoms with Gasteiger partial charge in [-0.15, -0.1) is 0 Å². The summed E-state index contributed by atoms with van der Waals surface area (Å²) in [6.45, 7) is 1.09. The average molecular weight is 277 g/mol. The minimum atomic E-state index is -0.799. The molecule has 1 aromatic heterocycles. The molecule has 0 spiro atoms. The first-order valence-electron chi connectivity index (χ1n) is 6.43. The average Bonchev–Trinajstić information content (AvgIpc) is 2.87. The number of hydrogen-bond acceptors (Lipinski definition) is 3. The van der Waals surface area contributed by atoms with Crippen LogP contribution in [-0.2, 0) is 11.3 Å². The van der Waals surface area contributed by atoms with Gasteiger partial charge < -0.3 is 14.8 Å². The SMILES string of the molecule is O=C(O)CCCNCc1ccc(-c2ccccc2F)o1. The Morgan fingerprint density at radius 3 is 2.80 bits per heavy atom. The number of carboxylic acids is 1. The first-order valence-corrected chi connectivity index (χ1v) is 6.43. The summed E-state index contributed by atoms with van der Waals surface area (Å²) in [4.78, 5) is 10.3. The molecule has 0 radical (unpaired) electrons. The molecule has 2 rings (SSSR count). The summed E-state index contributed by atoms with van der Waals surface area (Å²) in [6.07, 6.45) is 0.710. The molecule has 0 saturated carbocycles. The van der Waals surface area contributed by atoms with Gasteiger partial charge in [-0.3, -0.25) is 4.79 Å². The van der Waals surface area contributed by atoms with Gasteiger partial charge in [-0.1, -0.05) is 12.1 Å². The van der Waals surface area contributed by atoms with E-state index in [2.05, 4.69) is 5.32 Å². The summed E-state index contributed by atoms with van der Waals surface area (Å²) in [5.41, 5.74) is 0.435. The lowest BCUT2D eigenvalue weighted by Crippen LogP contribution is -2.15. The second kappa shape index (κ2) is 6.86. The number of hydrogen-bond donors (Lipinski definition) is 2. The van der Waals surface area contributed by atoms with E-state index in [1.165, 1.54) is 6.07 Å². The Morgan fingerprint density at radius 1 is 1.25 bits per heavy atom. The zero-order valence-corrected chi connectivity index (χ0v) is 10.9. The molecule has 0 saturated heterocycles. The van der Waals surface area contributed by atoms with Crippen LogP contribution in [0, 0.1) is 5.82 Å². The topological polar surface area (TPSA) is 62.5 Å². The molecule has 0 aliphatic carbocycles. The first-order chi connectivity index (χ1) is 9.66. The molecule has 5 heteroatoms. The van der Waals surface area contributed by atoms with Crippen molar-refractivity contribution < 1.29 is 18.7 Å². The van der Waals surface area contributed by atoms with Gasteiger partial charge in [0.2, 0.25) is 0 Å². The van der Waals surface area contributed by atoms with E-state index in [4.69, 9.17) is 9.52 Å². The molecule has 0 atom stereocenters. The van der Waals surface area contributed by atoms with E-state index in [9.17, 15) is 9.18 Å². The maximum atomic E-state index is 13.6. The van der Waals surface area contributed by atoms with Crippen LogP contribution in [0.4, 0.5) is 4.39 Å². The molecule has 0 aliphatic heterocycles. The zero-order chi connectivity index (χ0) is 14.4. The Labute approximate surface area is 116 Å². The molecule has 0 aliphatic rings. The maximum Gasteiger partial charge on any atom is 0.303 e. The predicted molar refractivity (Wildman–Crippen MR) is 72.7 cm³/mol. The molecule has 1 aromatic carbocycles. The Balaban J connectivity index is 1.87. The van der Waals surface area contributed by atoms with E-state index in [1.807, 2.05) is 0 Å². The van der Waals surface area contributed by atoms with Crippen molar-refractivity contribution in [2.75, 3.05) is 6.54 Å². The molecule has 0 unspecified atom stereocenters. The van der Waals surface area contributed by atoms with Crippen LogP contribution in [0.5, 0.6) is 0 Å². The van der Waals surface area contributed by atoms with Gasteiger partial charge in [0, 0.05) is 6.42 Å². The molecule has 0 fully saturated rings. The molecular weight excluding hydrogens is 261 g/mol. The Morgan fingerprint density at radius 2 is 2.05 bits per heavy atom. The number of furan rings is 1. The Kier molecular flexibility index (Phi) is 4.90. The summed E-state index contributed by atoms with van der Waals surface area (Å²) < 4.78 is 19.1. The van der Waals surface area contributed by atoms with Crippen molar-refractivity contribution in [3.63, 3.8) is 0 Å². The summed E-state index contributed by atoms with van der Waals surface area (Å²) in [6, 6.07) is 9.95. The Hall–Kier alpha value is -2.14. The number of carbonyl (C=O) groups is 1. The summed E-state index contributed by atoms with van der Waals surface area (Å²) in [5, 5.41) is 11.6. The van der Waals surface area contributed by atoms with Crippen LogP contribution in [0.1, 0.15) is 18.6 Å². The number of halogens is 1. The van der Waals surface area contributed by atoms with Crippen molar-refractivity contribution in [3.05, 3.63) is 48.0 Å². The van der Waals surface area contributed by atoms with Crippen molar-refractivity contribution in [2.45, 2.75) is 19.4 Å². The third-order valence-corrected chi connectivity index (χ3v) is 2.84. The summed E-state index contributed by atoms with van der Waals surface area (Å²) in [5.74, 6) is 0.0680. The molecule has 20 heavy (non-hydrogen) atoms. The fraction of sp³-hybridized carbons (Fsp3) is 0.267. The second-order valence-electron chi connectivity index (χ2n) is 4.42. The fourth-order valence-corrected chi connectivity index (χ4v) is 1.85. The van der Waals surface area contributed by atoms with Crippen molar-refractivity contribution in [3.8, 4) is 11.3 Å². The predicted octanol–water partition coefficient (Wildman–Crippen LogP) is 3.04. The minimum Gasteiger partial charge on any atom is -0.481 e. The van der Waals surface area contributed by atoms with Gasteiger partial charge in [-0.05, 0) is 37.2 Å². The largest absolute Gasteiger partial charge is 0.481 e. The lowest BCUT2D eigenvalue weighted by Gasteiger charge is -2.01. The highest BCUT2D eigenvalue weighted by atomic mass is 19.1. The fourth-order valence-electron chi connectivity index (χ4n) is 1.85. The third kappa shape index (κ3) is 3.93. The van der Waals surface area contributed by atoms with Crippen molar-refractivity contribution >= 4 is 5.97 Å². The van der Waals surface area contributed by atoms with Gasteiger partial charge in [0.25, 0.3) is 0 Å². The second-order valence-corrected chi connectivity index (χ2v) is 4.42. The lowest BCUT2D eigenvalue weighted by atomic mass is 10.1. The molecule has 0 amide bonds. The van der Waals surface area contributed by atoms with Crippen LogP contribution in [0.25, 0.3) is 11.3 Å². The van der Waals surface area contributed by atoms with E-state index in [1.54, 1.807) is 30.3 Å². The number of benzene rings is 1. The standard InChI is InChI=1S/C15H16FNO3/c16-13-5-2-1-4-12(13)14-8-7-11(20-14)10-17-9-3-6-15(18)19/h1-2,4-5,7-8,17H,3,6,9-10H2,(H,18,19). The highest BCUT2D eigenvalue weighted by Crippen LogP contribution is 2.24. The van der Waals surface area contributed by atoms with E-state index in [-0.39, 0.29) is 12.2 Å². The van der Waals surface area contributed by atoms with Gasteiger partial charge in [-0.25, -0.2) is 4.39 Å². The van der Waals surface area contributed by atoms with Gasteiger partial charge in [0.05, 0.1) is 12.1 Å². The van der Waals surface area contributed by atoms with E-state index in [0.29, 0.717) is 36.6 Å². The Bertz CT molecular complexity index is 580. The normalized spacial score (nSPS) is 10.7. The monoisotopic (exact) mass is 277 g/mol. The molecule has 2 N–H and O–H groups in total. The van der Waals surface area contributed by atoms with Gasteiger partial charge in [0.15, 0.2) is 0 Å². The quantitative estimate of drug-likeness (QED) is 0.764. The van der Waals surface area contributed by atoms with Gasteiger partial charge in [-0.2, -0.15) is 0 Å². The molecule has 1 heterocycles. The van der Waals surface area contributed by atoms with Crippen molar-refractivity contribution in [1.29, 1.82) is 0 Å². The van der Waals surface area contributed by atoms with Crippen LogP contribution in [-0.4, -0.2) is 17.6 Å². The van der Waals surface area contributed by atoms with Gasteiger partial charge >= 0.3 is 5.97 Å². The third-order valence-electron chi connectivity index (χ3n) is 2.84. The van der Waals surface area contributed by atoms with Crippen molar-refractivity contribution in [2.24, 2.45) is 0 Å². The minimum absolute atomic E-state index is 0.144. The maximum absolute atomic E-state index is 13.6.